The Morgan fingerprint density at radius 1 is 1.20 bits per heavy atom. The lowest BCUT2D eigenvalue weighted by molar-refractivity contribution is -0.121. The molecule has 0 spiro atoms. The summed E-state index contributed by atoms with van der Waals surface area (Å²) in [6, 6.07) is 7.87. The van der Waals surface area contributed by atoms with Crippen molar-refractivity contribution < 1.29 is 14.4 Å². The maximum Gasteiger partial charge on any atom is 0.281 e. The summed E-state index contributed by atoms with van der Waals surface area (Å²) in [6.07, 6.45) is 0.327. The molecule has 2 saturated heterocycles. The molecule has 2 heterocycles. The standard InChI is InChI=1S/C17H22N4O3S/c22-15(5-7-20-9-10-25-17(20)24)19-11-13-1-3-14(4-2-13)21-8-6-18-16(23)12-21/h1-4H,5-12H2,(H,18,23)(H,19,22). The number of carbonyl (C=O) groups is 3. The summed E-state index contributed by atoms with van der Waals surface area (Å²) >= 11 is 1.31. The third-order valence-electron chi connectivity index (χ3n) is 4.28. The van der Waals surface area contributed by atoms with Gasteiger partial charge in [-0.1, -0.05) is 23.9 Å². The second kappa shape index (κ2) is 8.24. The summed E-state index contributed by atoms with van der Waals surface area (Å²) in [5.74, 6) is 0.796. The maximum atomic E-state index is 11.9. The van der Waals surface area contributed by atoms with Gasteiger partial charge in [0.1, 0.15) is 0 Å². The fourth-order valence-corrected chi connectivity index (χ4v) is 3.69. The molecule has 0 radical (unpaired) electrons. The zero-order valence-corrected chi connectivity index (χ0v) is 14.8. The van der Waals surface area contributed by atoms with Crippen LogP contribution in [0, 0.1) is 0 Å². The molecule has 0 aromatic heterocycles. The molecule has 3 amide bonds. The highest BCUT2D eigenvalue weighted by molar-refractivity contribution is 8.13. The summed E-state index contributed by atoms with van der Waals surface area (Å²) in [6.45, 7) is 3.51. The predicted molar refractivity (Wildman–Crippen MR) is 97.6 cm³/mol. The van der Waals surface area contributed by atoms with Crippen LogP contribution in [-0.4, -0.2) is 60.4 Å². The van der Waals surface area contributed by atoms with Gasteiger partial charge < -0.3 is 20.4 Å². The highest BCUT2D eigenvalue weighted by atomic mass is 32.2. The third-order valence-corrected chi connectivity index (χ3v) is 5.18. The molecular formula is C17H22N4O3S. The number of piperazine rings is 1. The summed E-state index contributed by atoms with van der Waals surface area (Å²) < 4.78 is 0. The van der Waals surface area contributed by atoms with Crippen LogP contribution in [0.1, 0.15) is 12.0 Å². The number of anilines is 1. The number of nitrogens with zero attached hydrogens (tertiary/aromatic N) is 2. The second-order valence-corrected chi connectivity index (χ2v) is 7.11. The van der Waals surface area contributed by atoms with Crippen molar-refractivity contribution in [2.45, 2.75) is 13.0 Å². The number of carbonyl (C=O) groups excluding carboxylic acids is 3. The molecule has 2 aliphatic heterocycles. The molecule has 0 saturated carbocycles. The number of rotatable bonds is 6. The zero-order chi connectivity index (χ0) is 17.6. The van der Waals surface area contributed by atoms with Crippen molar-refractivity contribution in [2.24, 2.45) is 0 Å². The summed E-state index contributed by atoms with van der Waals surface area (Å²) in [5.41, 5.74) is 2.02. The quantitative estimate of drug-likeness (QED) is 0.782. The molecule has 0 aliphatic carbocycles. The van der Waals surface area contributed by atoms with Crippen LogP contribution in [0.25, 0.3) is 0 Å². The van der Waals surface area contributed by atoms with Crippen molar-refractivity contribution in [2.75, 3.05) is 43.4 Å². The van der Waals surface area contributed by atoms with Crippen LogP contribution in [0.3, 0.4) is 0 Å². The van der Waals surface area contributed by atoms with Gasteiger partial charge in [-0.25, -0.2) is 0 Å². The van der Waals surface area contributed by atoms with E-state index in [1.54, 1.807) is 4.90 Å². The van der Waals surface area contributed by atoms with E-state index in [-0.39, 0.29) is 17.1 Å². The molecule has 25 heavy (non-hydrogen) atoms. The van der Waals surface area contributed by atoms with Crippen LogP contribution in [-0.2, 0) is 16.1 Å². The Balaban J connectivity index is 1.42. The number of amides is 3. The van der Waals surface area contributed by atoms with E-state index in [9.17, 15) is 14.4 Å². The molecular weight excluding hydrogens is 340 g/mol. The molecule has 3 rings (SSSR count). The highest BCUT2D eigenvalue weighted by Crippen LogP contribution is 2.17. The van der Waals surface area contributed by atoms with Gasteiger partial charge in [-0.2, -0.15) is 0 Å². The van der Waals surface area contributed by atoms with Gasteiger partial charge in [0.2, 0.25) is 11.8 Å². The Morgan fingerprint density at radius 2 is 2.00 bits per heavy atom. The lowest BCUT2D eigenvalue weighted by Gasteiger charge is -2.28. The van der Waals surface area contributed by atoms with E-state index in [1.807, 2.05) is 29.2 Å². The fraction of sp³-hybridized carbons (Fsp3) is 0.471. The predicted octanol–water partition coefficient (Wildman–Crippen LogP) is 0.798. The topological polar surface area (TPSA) is 81.8 Å². The molecule has 1 aromatic carbocycles. The van der Waals surface area contributed by atoms with E-state index in [0.717, 1.165) is 30.1 Å². The molecule has 0 unspecified atom stereocenters. The molecule has 134 valence electrons. The molecule has 2 aliphatic rings. The van der Waals surface area contributed by atoms with Gasteiger partial charge in [-0.05, 0) is 17.7 Å². The van der Waals surface area contributed by atoms with Gasteiger partial charge in [0.05, 0.1) is 6.54 Å². The minimum atomic E-state index is -0.0542. The van der Waals surface area contributed by atoms with Crippen LogP contribution >= 0.6 is 11.8 Å². The molecule has 2 fully saturated rings. The van der Waals surface area contributed by atoms with Crippen LogP contribution in [0.5, 0.6) is 0 Å². The molecule has 0 atom stereocenters. The molecule has 1 aromatic rings. The van der Waals surface area contributed by atoms with Crippen LogP contribution in [0.2, 0.25) is 0 Å². The van der Waals surface area contributed by atoms with Crippen molar-refractivity contribution in [3.63, 3.8) is 0 Å². The number of hydrogen-bond donors (Lipinski definition) is 2. The Bertz CT molecular complexity index is 650. The molecule has 2 N–H and O–H groups in total. The SMILES string of the molecule is O=C(CCN1CCSC1=O)NCc1ccc(N2CCNC(=O)C2)cc1. The first-order valence-electron chi connectivity index (χ1n) is 8.41. The molecule has 0 bridgehead atoms. The zero-order valence-electron chi connectivity index (χ0n) is 14.0. The first-order valence-corrected chi connectivity index (χ1v) is 9.39. The van der Waals surface area contributed by atoms with E-state index in [2.05, 4.69) is 10.6 Å². The average molecular weight is 362 g/mol. The largest absolute Gasteiger partial charge is 0.360 e. The number of nitrogens with one attached hydrogen (secondary N) is 2. The van der Waals surface area contributed by atoms with Crippen molar-refractivity contribution in [1.29, 1.82) is 0 Å². The smallest absolute Gasteiger partial charge is 0.281 e. The first-order chi connectivity index (χ1) is 12.1. The molecule has 8 heteroatoms. The highest BCUT2D eigenvalue weighted by Gasteiger charge is 2.21. The van der Waals surface area contributed by atoms with E-state index in [1.165, 1.54) is 11.8 Å². The molecule has 7 nitrogen and oxygen atoms in total. The van der Waals surface area contributed by atoms with Crippen molar-refractivity contribution in [3.8, 4) is 0 Å². The number of hydrogen-bond acceptors (Lipinski definition) is 5. The van der Waals surface area contributed by atoms with Gasteiger partial charge >= 0.3 is 0 Å². The van der Waals surface area contributed by atoms with Gasteiger partial charge in [-0.3, -0.25) is 14.4 Å². The van der Waals surface area contributed by atoms with E-state index in [0.29, 0.717) is 32.6 Å². The van der Waals surface area contributed by atoms with Crippen LogP contribution < -0.4 is 15.5 Å². The van der Waals surface area contributed by atoms with Gasteiger partial charge in [-0.15, -0.1) is 0 Å². The minimum absolute atomic E-state index is 0.0393. The number of thioether (sulfide) groups is 1. The second-order valence-electron chi connectivity index (χ2n) is 6.07. The first kappa shape index (κ1) is 17.6. The van der Waals surface area contributed by atoms with Crippen molar-refractivity contribution in [3.05, 3.63) is 29.8 Å². The Hall–Kier alpha value is -2.22. The van der Waals surface area contributed by atoms with E-state index < -0.39 is 0 Å². The Labute approximate surface area is 151 Å². The van der Waals surface area contributed by atoms with E-state index in [4.69, 9.17) is 0 Å². The normalized spacial score (nSPS) is 17.6. The van der Waals surface area contributed by atoms with Gasteiger partial charge in [0.25, 0.3) is 5.24 Å². The lowest BCUT2D eigenvalue weighted by Crippen LogP contribution is -2.47. The van der Waals surface area contributed by atoms with Crippen LogP contribution in [0.15, 0.2) is 24.3 Å². The monoisotopic (exact) mass is 362 g/mol. The van der Waals surface area contributed by atoms with Gasteiger partial charge in [0.15, 0.2) is 0 Å². The average Bonchev–Trinajstić information content (AvgIpc) is 3.03. The summed E-state index contributed by atoms with van der Waals surface area (Å²) in [5, 5.41) is 5.75. The Kier molecular flexibility index (Phi) is 5.80. The third kappa shape index (κ3) is 4.88. The lowest BCUT2D eigenvalue weighted by atomic mass is 10.1. The van der Waals surface area contributed by atoms with E-state index >= 15 is 0 Å². The van der Waals surface area contributed by atoms with Gasteiger partial charge in [0, 0.05) is 50.6 Å². The van der Waals surface area contributed by atoms with Crippen molar-refractivity contribution >= 4 is 34.5 Å². The maximum absolute atomic E-state index is 11.9. The number of benzene rings is 1. The minimum Gasteiger partial charge on any atom is -0.360 e. The van der Waals surface area contributed by atoms with Crippen molar-refractivity contribution in [1.82, 2.24) is 15.5 Å². The fourth-order valence-electron chi connectivity index (χ4n) is 2.84. The summed E-state index contributed by atoms with van der Waals surface area (Å²) in [7, 11) is 0. The van der Waals surface area contributed by atoms with Crippen LogP contribution in [0.4, 0.5) is 10.5 Å². The Morgan fingerprint density at radius 3 is 2.68 bits per heavy atom. The summed E-state index contributed by atoms with van der Waals surface area (Å²) in [4.78, 5) is 38.6.